The number of para-hydroxylation sites is 1. The molecule has 0 radical (unpaired) electrons. The second kappa shape index (κ2) is 8.85. The minimum absolute atomic E-state index is 0.0120. The van der Waals surface area contributed by atoms with E-state index in [0.717, 1.165) is 16.9 Å². The number of rotatable bonds is 5. The fraction of sp³-hybridized carbons (Fsp3) is 0.111. The summed E-state index contributed by atoms with van der Waals surface area (Å²) < 4.78 is 2.86. The maximum atomic E-state index is 13.8. The first-order valence-corrected chi connectivity index (χ1v) is 11.5. The van der Waals surface area contributed by atoms with Crippen molar-refractivity contribution in [1.82, 2.24) is 9.78 Å². The van der Waals surface area contributed by atoms with E-state index in [0.29, 0.717) is 22.1 Å². The number of anilines is 1. The van der Waals surface area contributed by atoms with Crippen LogP contribution < -0.4 is 14.6 Å². The summed E-state index contributed by atoms with van der Waals surface area (Å²) in [5, 5.41) is 18.4. The van der Waals surface area contributed by atoms with Crippen molar-refractivity contribution >= 4 is 40.4 Å². The van der Waals surface area contributed by atoms with E-state index in [1.54, 1.807) is 72.4 Å². The first-order chi connectivity index (χ1) is 16.9. The number of imide groups is 1. The van der Waals surface area contributed by atoms with Gasteiger partial charge in [-0.1, -0.05) is 42.8 Å². The Morgan fingerprint density at radius 1 is 0.971 bits per heavy atom. The molecule has 3 heterocycles. The Morgan fingerprint density at radius 2 is 1.71 bits per heavy atom. The van der Waals surface area contributed by atoms with Crippen LogP contribution in [-0.4, -0.2) is 21.6 Å². The summed E-state index contributed by atoms with van der Waals surface area (Å²) in [6.07, 6.45) is 4.23. The van der Waals surface area contributed by atoms with E-state index in [9.17, 15) is 14.7 Å². The van der Waals surface area contributed by atoms with E-state index in [4.69, 9.17) is 11.6 Å². The predicted octanol–water partition coefficient (Wildman–Crippen LogP) is 3.70. The molecule has 2 amide bonds. The SMILES string of the molecule is CCc1ccc[n+](C2=C(c3c(C)nn(-c4ccccc4)c3[O-])C(=O)N(c3cccc(Cl)c3)C2=O)c1. The Morgan fingerprint density at radius 3 is 2.43 bits per heavy atom. The molecule has 5 rings (SSSR count). The molecular weight excluding hydrogens is 464 g/mol. The zero-order chi connectivity index (χ0) is 24.7. The van der Waals surface area contributed by atoms with E-state index >= 15 is 0 Å². The van der Waals surface area contributed by atoms with Gasteiger partial charge >= 0.3 is 5.91 Å². The van der Waals surface area contributed by atoms with Gasteiger partial charge in [0.2, 0.25) is 0 Å². The Bertz CT molecular complexity index is 1510. The molecule has 2 aromatic carbocycles. The maximum absolute atomic E-state index is 13.8. The van der Waals surface area contributed by atoms with Crippen LogP contribution in [0.25, 0.3) is 17.0 Å². The van der Waals surface area contributed by atoms with Gasteiger partial charge in [0.15, 0.2) is 12.4 Å². The van der Waals surface area contributed by atoms with E-state index < -0.39 is 17.7 Å². The second-order valence-electron chi connectivity index (χ2n) is 8.14. The number of aromatic nitrogens is 3. The fourth-order valence-electron chi connectivity index (χ4n) is 4.24. The van der Waals surface area contributed by atoms with E-state index in [1.165, 1.54) is 4.68 Å². The first-order valence-electron chi connectivity index (χ1n) is 11.1. The van der Waals surface area contributed by atoms with Crippen LogP contribution in [0.15, 0.2) is 79.1 Å². The van der Waals surface area contributed by atoms with Gasteiger partial charge in [0.25, 0.3) is 11.6 Å². The lowest BCUT2D eigenvalue weighted by Crippen LogP contribution is -2.40. The highest BCUT2D eigenvalue weighted by atomic mass is 35.5. The average molecular weight is 485 g/mol. The van der Waals surface area contributed by atoms with Crippen LogP contribution in [0.3, 0.4) is 0 Å². The third-order valence-corrected chi connectivity index (χ3v) is 6.16. The van der Waals surface area contributed by atoms with Crippen LogP contribution in [0.1, 0.15) is 23.7 Å². The summed E-state index contributed by atoms with van der Waals surface area (Å²) in [5.41, 5.74) is 2.43. The molecule has 0 unspecified atom stereocenters. The van der Waals surface area contributed by atoms with Crippen LogP contribution in [0.2, 0.25) is 5.02 Å². The summed E-state index contributed by atoms with van der Waals surface area (Å²) in [7, 11) is 0. The molecule has 0 spiro atoms. The molecule has 0 saturated heterocycles. The molecule has 7 nitrogen and oxygen atoms in total. The second-order valence-corrected chi connectivity index (χ2v) is 8.57. The van der Waals surface area contributed by atoms with Crippen LogP contribution in [0, 0.1) is 6.92 Å². The van der Waals surface area contributed by atoms with Crippen molar-refractivity contribution in [2.75, 3.05) is 4.90 Å². The Balaban J connectivity index is 1.76. The molecule has 35 heavy (non-hydrogen) atoms. The first kappa shape index (κ1) is 22.6. The summed E-state index contributed by atoms with van der Waals surface area (Å²) in [4.78, 5) is 28.7. The van der Waals surface area contributed by atoms with Gasteiger partial charge in [0, 0.05) is 22.2 Å². The van der Waals surface area contributed by atoms with Gasteiger partial charge in [-0.3, -0.25) is 9.59 Å². The van der Waals surface area contributed by atoms with Gasteiger partial charge in [-0.2, -0.15) is 9.67 Å². The molecule has 0 saturated carbocycles. The summed E-state index contributed by atoms with van der Waals surface area (Å²) in [5.74, 6) is -1.62. The van der Waals surface area contributed by atoms with Gasteiger partial charge in [-0.05, 0) is 55.6 Å². The average Bonchev–Trinajstić information content (AvgIpc) is 3.30. The third-order valence-electron chi connectivity index (χ3n) is 5.92. The van der Waals surface area contributed by atoms with Gasteiger partial charge in [0.1, 0.15) is 5.57 Å². The standard InChI is InChI=1S/C27H21ClN4O3/c1-3-18-9-8-14-30(16-18)24-23(25(33)31(27(24)35)21-13-7-10-19(28)15-21)22-17(2)29-32(26(22)34)20-11-5-4-6-12-20/h4-16H,3H2,1-2H3. The van der Waals surface area contributed by atoms with Crippen molar-refractivity contribution in [2.24, 2.45) is 0 Å². The molecule has 2 aromatic heterocycles. The zero-order valence-corrected chi connectivity index (χ0v) is 19.9. The van der Waals surface area contributed by atoms with Crippen LogP contribution in [0.5, 0.6) is 5.88 Å². The fourth-order valence-corrected chi connectivity index (χ4v) is 4.43. The molecule has 1 aliphatic heterocycles. The van der Waals surface area contributed by atoms with Gasteiger partial charge in [-0.25, -0.2) is 9.58 Å². The molecule has 0 bridgehead atoms. The quantitative estimate of drug-likeness (QED) is 0.319. The lowest BCUT2D eigenvalue weighted by Gasteiger charge is -2.15. The van der Waals surface area contributed by atoms with E-state index in [1.807, 2.05) is 25.1 Å². The van der Waals surface area contributed by atoms with Crippen molar-refractivity contribution < 1.29 is 19.3 Å². The third kappa shape index (κ3) is 3.80. The smallest absolute Gasteiger partial charge is 0.331 e. The Hall–Kier alpha value is -4.23. The summed E-state index contributed by atoms with van der Waals surface area (Å²) in [6.45, 7) is 3.66. The molecule has 0 fully saturated rings. The number of carbonyl (C=O) groups is 2. The van der Waals surface area contributed by atoms with Crippen LogP contribution in [0.4, 0.5) is 5.69 Å². The van der Waals surface area contributed by atoms with Crippen molar-refractivity contribution in [3.05, 3.63) is 101 Å². The lowest BCUT2D eigenvalue weighted by molar-refractivity contribution is -0.577. The molecular formula is C27H21ClN4O3. The molecule has 1 aliphatic rings. The Kier molecular flexibility index (Phi) is 5.70. The minimum Gasteiger partial charge on any atom is -0.858 e. The number of carbonyl (C=O) groups excluding carboxylic acids is 2. The van der Waals surface area contributed by atoms with E-state index in [-0.39, 0.29) is 16.8 Å². The number of amides is 2. The number of hydrogen-bond donors (Lipinski definition) is 0. The number of benzene rings is 2. The summed E-state index contributed by atoms with van der Waals surface area (Å²) in [6, 6.07) is 19.2. The number of halogens is 1. The molecule has 0 atom stereocenters. The highest BCUT2D eigenvalue weighted by molar-refractivity contribution is 6.53. The molecule has 8 heteroatoms. The minimum atomic E-state index is -0.602. The molecule has 174 valence electrons. The zero-order valence-electron chi connectivity index (χ0n) is 19.1. The number of aryl methyl sites for hydroxylation is 2. The van der Waals surface area contributed by atoms with Gasteiger partial charge < -0.3 is 5.11 Å². The normalized spacial score (nSPS) is 13.7. The van der Waals surface area contributed by atoms with E-state index in [2.05, 4.69) is 5.10 Å². The number of pyridine rings is 1. The lowest BCUT2D eigenvalue weighted by atomic mass is 10.0. The molecule has 0 aliphatic carbocycles. The highest BCUT2D eigenvalue weighted by Gasteiger charge is 2.47. The maximum Gasteiger partial charge on any atom is 0.331 e. The monoisotopic (exact) mass is 484 g/mol. The van der Waals surface area contributed by atoms with Crippen molar-refractivity contribution in [1.29, 1.82) is 0 Å². The van der Waals surface area contributed by atoms with Crippen molar-refractivity contribution in [3.63, 3.8) is 0 Å². The highest BCUT2D eigenvalue weighted by Crippen LogP contribution is 2.38. The van der Waals surface area contributed by atoms with Crippen molar-refractivity contribution in [3.8, 4) is 11.6 Å². The molecule has 4 aromatic rings. The van der Waals surface area contributed by atoms with Crippen LogP contribution in [-0.2, 0) is 16.0 Å². The van der Waals surface area contributed by atoms with Gasteiger partial charge in [-0.15, -0.1) is 0 Å². The van der Waals surface area contributed by atoms with Crippen molar-refractivity contribution in [2.45, 2.75) is 20.3 Å². The molecule has 0 N–H and O–H groups in total. The predicted molar refractivity (Wildman–Crippen MR) is 131 cm³/mol. The topological polar surface area (TPSA) is 82.1 Å². The summed E-state index contributed by atoms with van der Waals surface area (Å²) >= 11 is 6.16. The Labute approximate surface area is 207 Å². The largest absolute Gasteiger partial charge is 0.858 e. The van der Waals surface area contributed by atoms with Gasteiger partial charge in [0.05, 0.1) is 17.1 Å². The van der Waals surface area contributed by atoms with Crippen LogP contribution >= 0.6 is 11.6 Å². The number of hydrogen-bond acceptors (Lipinski definition) is 4. The number of nitrogens with zero attached hydrogens (tertiary/aromatic N) is 4.